The van der Waals surface area contributed by atoms with Gasteiger partial charge in [0.25, 0.3) is 0 Å². The topological polar surface area (TPSA) is 51.8 Å². The molecule has 72 valence electrons. The number of halogens is 1. The largest absolute Gasteiger partial charge is 0.325 e. The maximum Gasteiger partial charge on any atom is 0.126 e. The number of aryl methyl sites for hydroxylation is 1. The smallest absolute Gasteiger partial charge is 0.126 e. The molecule has 0 bridgehead atoms. The summed E-state index contributed by atoms with van der Waals surface area (Å²) < 4.78 is 0. The Hall–Kier alpha value is -1.19. The van der Waals surface area contributed by atoms with E-state index in [1.165, 1.54) is 0 Å². The van der Waals surface area contributed by atoms with Crippen molar-refractivity contribution in [2.75, 3.05) is 0 Å². The van der Waals surface area contributed by atoms with Crippen molar-refractivity contribution in [2.24, 2.45) is 5.73 Å². The number of benzene rings is 1. The van der Waals surface area contributed by atoms with E-state index >= 15 is 0 Å². The van der Waals surface area contributed by atoms with E-state index in [9.17, 15) is 0 Å². The second-order valence-electron chi connectivity index (χ2n) is 3.06. The van der Waals surface area contributed by atoms with Crippen LogP contribution in [-0.4, -0.2) is 9.97 Å². The van der Waals surface area contributed by atoms with E-state index in [1.54, 1.807) is 0 Å². The van der Waals surface area contributed by atoms with E-state index in [2.05, 4.69) is 9.97 Å². The van der Waals surface area contributed by atoms with Crippen LogP contribution in [0, 0.1) is 6.92 Å². The van der Waals surface area contributed by atoms with Crippen LogP contribution in [0.3, 0.4) is 0 Å². The van der Waals surface area contributed by atoms with Crippen LogP contribution >= 0.6 is 11.6 Å². The molecule has 0 saturated heterocycles. The first-order valence-corrected chi connectivity index (χ1v) is 4.72. The predicted octanol–water partition coefficient (Wildman–Crippen LogP) is 2.05. The summed E-state index contributed by atoms with van der Waals surface area (Å²) in [6.45, 7) is 2.24. The summed E-state index contributed by atoms with van der Waals surface area (Å²) in [6, 6.07) is 5.63. The van der Waals surface area contributed by atoms with Crippen molar-refractivity contribution in [3.05, 3.63) is 34.7 Å². The highest BCUT2D eigenvalue weighted by atomic mass is 35.5. The fraction of sp³-hybridized carbons (Fsp3) is 0.200. The number of fused-ring (bicyclic) bond motifs is 1. The van der Waals surface area contributed by atoms with Crippen molar-refractivity contribution >= 4 is 22.5 Å². The van der Waals surface area contributed by atoms with Gasteiger partial charge < -0.3 is 5.73 Å². The lowest BCUT2D eigenvalue weighted by Crippen LogP contribution is -2.03. The van der Waals surface area contributed by atoms with Crippen LogP contribution in [0.2, 0.25) is 5.02 Å². The molecule has 0 saturated carbocycles. The van der Waals surface area contributed by atoms with Crippen molar-refractivity contribution < 1.29 is 0 Å². The minimum Gasteiger partial charge on any atom is -0.325 e. The Morgan fingerprint density at radius 1 is 1.36 bits per heavy atom. The first kappa shape index (κ1) is 9.37. The quantitative estimate of drug-likeness (QED) is 0.779. The minimum atomic E-state index is 0.403. The van der Waals surface area contributed by atoms with E-state index in [-0.39, 0.29) is 0 Å². The van der Waals surface area contributed by atoms with Gasteiger partial charge in [0.2, 0.25) is 0 Å². The van der Waals surface area contributed by atoms with E-state index in [4.69, 9.17) is 17.3 Å². The van der Waals surface area contributed by atoms with Gasteiger partial charge in [-0.15, -0.1) is 0 Å². The number of hydrogen-bond donors (Lipinski definition) is 1. The molecule has 0 aliphatic heterocycles. The Balaban J connectivity index is 2.87. The van der Waals surface area contributed by atoms with Gasteiger partial charge in [-0.2, -0.15) is 0 Å². The second-order valence-corrected chi connectivity index (χ2v) is 3.46. The van der Waals surface area contributed by atoms with Gasteiger partial charge in [-0.05, 0) is 13.0 Å². The lowest BCUT2D eigenvalue weighted by molar-refractivity contribution is 0.954. The van der Waals surface area contributed by atoms with E-state index in [0.717, 1.165) is 16.6 Å². The van der Waals surface area contributed by atoms with Gasteiger partial charge >= 0.3 is 0 Å². The fourth-order valence-corrected chi connectivity index (χ4v) is 1.68. The number of para-hydroxylation sites is 1. The van der Waals surface area contributed by atoms with Gasteiger partial charge in [0.1, 0.15) is 5.82 Å². The van der Waals surface area contributed by atoms with Gasteiger partial charge in [0.05, 0.1) is 16.2 Å². The van der Waals surface area contributed by atoms with Crippen LogP contribution in [0.1, 0.15) is 11.5 Å². The molecule has 1 heterocycles. The van der Waals surface area contributed by atoms with E-state index < -0.39 is 0 Å². The Morgan fingerprint density at radius 3 is 2.86 bits per heavy atom. The maximum absolute atomic E-state index is 6.03. The van der Waals surface area contributed by atoms with Crippen LogP contribution in [0.4, 0.5) is 0 Å². The van der Waals surface area contributed by atoms with Crippen molar-refractivity contribution in [3.8, 4) is 0 Å². The zero-order chi connectivity index (χ0) is 10.1. The molecule has 0 atom stereocenters. The van der Waals surface area contributed by atoms with Crippen molar-refractivity contribution in [3.63, 3.8) is 0 Å². The summed E-state index contributed by atoms with van der Waals surface area (Å²) in [5.74, 6) is 0.700. The fourth-order valence-electron chi connectivity index (χ4n) is 1.46. The first-order valence-electron chi connectivity index (χ1n) is 4.34. The van der Waals surface area contributed by atoms with Crippen LogP contribution in [-0.2, 0) is 6.54 Å². The lowest BCUT2D eigenvalue weighted by atomic mass is 10.2. The van der Waals surface area contributed by atoms with Crippen LogP contribution < -0.4 is 5.73 Å². The molecule has 1 aromatic carbocycles. The zero-order valence-electron chi connectivity index (χ0n) is 7.79. The number of rotatable bonds is 1. The molecule has 0 aliphatic rings. The average Bonchev–Trinajstić information content (AvgIpc) is 2.18. The molecule has 0 amide bonds. The molecule has 2 rings (SSSR count). The van der Waals surface area contributed by atoms with Crippen molar-refractivity contribution in [2.45, 2.75) is 13.5 Å². The highest BCUT2D eigenvalue weighted by molar-refractivity contribution is 6.35. The molecule has 4 heteroatoms. The summed E-state index contributed by atoms with van der Waals surface area (Å²) in [5.41, 5.74) is 7.22. The number of nitrogens with two attached hydrogens (primary N) is 1. The van der Waals surface area contributed by atoms with E-state index in [1.807, 2.05) is 25.1 Å². The number of nitrogens with zero attached hydrogens (tertiary/aromatic N) is 2. The lowest BCUT2D eigenvalue weighted by Gasteiger charge is -2.05. The third-order valence-electron chi connectivity index (χ3n) is 2.06. The summed E-state index contributed by atoms with van der Waals surface area (Å²) in [6.07, 6.45) is 0. The Bertz CT molecular complexity index is 482. The maximum atomic E-state index is 6.03. The van der Waals surface area contributed by atoms with Crippen LogP contribution in [0.25, 0.3) is 10.9 Å². The summed E-state index contributed by atoms with van der Waals surface area (Å²) in [4.78, 5) is 8.55. The number of aromatic nitrogens is 2. The van der Waals surface area contributed by atoms with Gasteiger partial charge in [-0.3, -0.25) is 0 Å². The van der Waals surface area contributed by atoms with Crippen molar-refractivity contribution in [1.82, 2.24) is 9.97 Å². The van der Waals surface area contributed by atoms with Gasteiger partial charge in [-0.1, -0.05) is 23.7 Å². The Morgan fingerprint density at radius 2 is 2.14 bits per heavy atom. The standard InChI is InChI=1S/C10H10ClN3/c1-6-13-9(5-12)7-3-2-4-8(11)10(7)14-6/h2-4H,5,12H2,1H3. The third-order valence-corrected chi connectivity index (χ3v) is 2.37. The van der Waals surface area contributed by atoms with Gasteiger partial charge in [-0.25, -0.2) is 9.97 Å². The highest BCUT2D eigenvalue weighted by Crippen LogP contribution is 2.23. The zero-order valence-corrected chi connectivity index (χ0v) is 8.54. The Labute approximate surface area is 86.9 Å². The monoisotopic (exact) mass is 207 g/mol. The first-order chi connectivity index (χ1) is 6.72. The summed E-state index contributed by atoms with van der Waals surface area (Å²) in [5, 5.41) is 1.58. The molecule has 3 nitrogen and oxygen atoms in total. The normalized spacial score (nSPS) is 10.8. The second kappa shape index (κ2) is 3.52. The Kier molecular flexibility index (Phi) is 2.35. The molecule has 2 aromatic rings. The summed E-state index contributed by atoms with van der Waals surface area (Å²) >= 11 is 6.03. The molecule has 1 aromatic heterocycles. The minimum absolute atomic E-state index is 0.403. The molecule has 2 N–H and O–H groups in total. The molecule has 0 spiro atoms. The van der Waals surface area contributed by atoms with Crippen LogP contribution in [0.5, 0.6) is 0 Å². The molecule has 14 heavy (non-hydrogen) atoms. The van der Waals surface area contributed by atoms with Crippen molar-refractivity contribution in [1.29, 1.82) is 0 Å². The molecular formula is C10H10ClN3. The molecule has 0 fully saturated rings. The summed E-state index contributed by atoms with van der Waals surface area (Å²) in [7, 11) is 0. The van der Waals surface area contributed by atoms with Crippen LogP contribution in [0.15, 0.2) is 18.2 Å². The highest BCUT2D eigenvalue weighted by Gasteiger charge is 2.06. The molecule has 0 aliphatic carbocycles. The number of hydrogen-bond acceptors (Lipinski definition) is 3. The predicted molar refractivity (Wildman–Crippen MR) is 57.2 cm³/mol. The molecular weight excluding hydrogens is 198 g/mol. The van der Waals surface area contributed by atoms with E-state index in [0.29, 0.717) is 17.4 Å². The molecule has 0 unspecified atom stereocenters. The van der Waals surface area contributed by atoms with Gasteiger partial charge in [0.15, 0.2) is 0 Å². The third kappa shape index (κ3) is 1.45. The van der Waals surface area contributed by atoms with Gasteiger partial charge in [0, 0.05) is 11.9 Å². The SMILES string of the molecule is Cc1nc(CN)c2cccc(Cl)c2n1. The molecule has 0 radical (unpaired) electrons. The average molecular weight is 208 g/mol.